The molecule has 0 saturated heterocycles. The molecule has 29 heavy (non-hydrogen) atoms. The van der Waals surface area contributed by atoms with E-state index in [1.54, 1.807) is 19.1 Å². The van der Waals surface area contributed by atoms with E-state index in [-0.39, 0.29) is 11.9 Å². The van der Waals surface area contributed by atoms with Crippen molar-refractivity contribution in [2.75, 3.05) is 13.2 Å². The molecule has 0 unspecified atom stereocenters. The van der Waals surface area contributed by atoms with Gasteiger partial charge in [0.15, 0.2) is 0 Å². The number of allylic oxidation sites excluding steroid dienone is 1. The molecule has 0 heterocycles. The van der Waals surface area contributed by atoms with Crippen LogP contribution in [-0.4, -0.2) is 29.9 Å². The van der Waals surface area contributed by atoms with Crippen LogP contribution in [0.15, 0.2) is 66.2 Å². The van der Waals surface area contributed by atoms with Crippen molar-refractivity contribution < 1.29 is 14.3 Å². The van der Waals surface area contributed by atoms with Gasteiger partial charge in [-0.15, -0.1) is 0 Å². The van der Waals surface area contributed by atoms with E-state index >= 15 is 0 Å². The number of ether oxygens (including phenoxy) is 1. The maximum Gasteiger partial charge on any atom is 0.338 e. The molecule has 4 heteroatoms. The second kappa shape index (κ2) is 10.3. The van der Waals surface area contributed by atoms with Crippen LogP contribution in [-0.2, 0) is 16.1 Å². The molecule has 2 aromatic rings. The predicted molar refractivity (Wildman–Crippen MR) is 113 cm³/mol. The van der Waals surface area contributed by atoms with E-state index in [0.29, 0.717) is 31.7 Å². The van der Waals surface area contributed by atoms with Crippen LogP contribution in [0, 0.1) is 11.8 Å². The molecule has 148 valence electrons. The van der Waals surface area contributed by atoms with Crippen molar-refractivity contribution in [2.24, 2.45) is 0 Å². The molecule has 0 bridgehead atoms. The van der Waals surface area contributed by atoms with Gasteiger partial charge in [0.1, 0.15) is 0 Å². The lowest BCUT2D eigenvalue weighted by Gasteiger charge is -2.25. The number of amides is 1. The van der Waals surface area contributed by atoms with Crippen LogP contribution in [0.1, 0.15) is 47.7 Å². The molecule has 0 spiro atoms. The first-order valence-corrected chi connectivity index (χ1v) is 9.95. The van der Waals surface area contributed by atoms with Crippen LogP contribution >= 0.6 is 0 Å². The molecule has 4 nitrogen and oxygen atoms in total. The molecule has 0 aliphatic heterocycles. The summed E-state index contributed by atoms with van der Waals surface area (Å²) in [6.07, 6.45) is 4.45. The fourth-order valence-corrected chi connectivity index (χ4v) is 3.00. The average Bonchev–Trinajstić information content (AvgIpc) is 2.70. The third kappa shape index (κ3) is 5.83. The summed E-state index contributed by atoms with van der Waals surface area (Å²) < 4.78 is 4.98. The monoisotopic (exact) mass is 387 g/mol. The Morgan fingerprint density at radius 2 is 1.79 bits per heavy atom. The molecule has 3 rings (SSSR count). The van der Waals surface area contributed by atoms with Crippen molar-refractivity contribution in [1.29, 1.82) is 0 Å². The normalized spacial score (nSPS) is 12.1. The summed E-state index contributed by atoms with van der Waals surface area (Å²) in [6, 6.07) is 17.1. The van der Waals surface area contributed by atoms with Gasteiger partial charge in [0.05, 0.1) is 12.2 Å². The van der Waals surface area contributed by atoms with Crippen LogP contribution in [0.2, 0.25) is 0 Å². The van der Waals surface area contributed by atoms with Gasteiger partial charge in [0.2, 0.25) is 5.91 Å². The molecule has 0 radical (unpaired) electrons. The highest BCUT2D eigenvalue weighted by atomic mass is 16.5. The summed E-state index contributed by atoms with van der Waals surface area (Å²) in [6.45, 7) is 3.31. The summed E-state index contributed by atoms with van der Waals surface area (Å²) in [7, 11) is 0. The zero-order chi connectivity index (χ0) is 20.5. The standard InChI is InChI=1S/C25H25NO3/c1-2-29-25(28)23-16-14-20(15-17-23)9-6-7-18-26(24(27)22-12-8-13-22)19-21-10-4-3-5-11-21/h3-5,10-12,14-17H,2,7-8,13,18-19H2,1H3. The summed E-state index contributed by atoms with van der Waals surface area (Å²) in [5, 5.41) is 0. The summed E-state index contributed by atoms with van der Waals surface area (Å²) >= 11 is 0. The topological polar surface area (TPSA) is 46.6 Å². The number of carbonyl (C=O) groups excluding carboxylic acids is 2. The minimum absolute atomic E-state index is 0.112. The number of carbonyl (C=O) groups is 2. The molecular formula is C25H25NO3. The van der Waals surface area contributed by atoms with Gasteiger partial charge in [-0.2, -0.15) is 0 Å². The molecule has 1 aliphatic carbocycles. The second-order valence-corrected chi connectivity index (χ2v) is 6.83. The van der Waals surface area contributed by atoms with E-state index in [4.69, 9.17) is 4.74 Å². The number of rotatable bonds is 7. The maximum atomic E-state index is 12.7. The number of hydrogen-bond donors (Lipinski definition) is 0. The molecule has 1 amide bonds. The van der Waals surface area contributed by atoms with E-state index in [0.717, 1.165) is 29.5 Å². The fraction of sp³-hybridized carbons (Fsp3) is 0.280. The van der Waals surface area contributed by atoms with E-state index in [1.807, 2.05) is 53.4 Å². The molecule has 0 saturated carbocycles. The lowest BCUT2D eigenvalue weighted by Crippen LogP contribution is -2.33. The Bertz CT molecular complexity index is 934. The Morgan fingerprint density at radius 3 is 2.41 bits per heavy atom. The maximum absolute atomic E-state index is 12.7. The Hall–Kier alpha value is -3.32. The van der Waals surface area contributed by atoms with E-state index in [1.165, 1.54) is 0 Å². The van der Waals surface area contributed by atoms with Gasteiger partial charge in [0, 0.05) is 30.6 Å². The minimum Gasteiger partial charge on any atom is -0.462 e. The highest BCUT2D eigenvalue weighted by Gasteiger charge is 2.21. The minimum atomic E-state index is -0.327. The highest BCUT2D eigenvalue weighted by molar-refractivity contribution is 5.94. The SMILES string of the molecule is CCOC(=O)c1ccc(C#CCCN(Cc2ccccc2)C(=O)C2=CCC2)cc1. The van der Waals surface area contributed by atoms with E-state index in [2.05, 4.69) is 11.8 Å². The average molecular weight is 387 g/mol. The lowest BCUT2D eigenvalue weighted by molar-refractivity contribution is -0.128. The molecule has 0 atom stereocenters. The van der Waals surface area contributed by atoms with Gasteiger partial charge in [-0.25, -0.2) is 4.79 Å². The number of esters is 1. The van der Waals surface area contributed by atoms with Crippen molar-refractivity contribution in [2.45, 2.75) is 32.7 Å². The number of nitrogens with zero attached hydrogens (tertiary/aromatic N) is 1. The Labute approximate surface area is 172 Å². The highest BCUT2D eigenvalue weighted by Crippen LogP contribution is 2.21. The third-order valence-electron chi connectivity index (χ3n) is 4.72. The van der Waals surface area contributed by atoms with Crippen molar-refractivity contribution in [3.05, 3.63) is 82.9 Å². The Balaban J connectivity index is 1.60. The van der Waals surface area contributed by atoms with Gasteiger partial charge in [-0.1, -0.05) is 48.2 Å². The van der Waals surface area contributed by atoms with Crippen LogP contribution in [0.5, 0.6) is 0 Å². The van der Waals surface area contributed by atoms with Crippen molar-refractivity contribution in [3.8, 4) is 11.8 Å². The van der Waals surface area contributed by atoms with Crippen LogP contribution < -0.4 is 0 Å². The van der Waals surface area contributed by atoms with Gasteiger partial charge in [-0.3, -0.25) is 4.79 Å². The fourth-order valence-electron chi connectivity index (χ4n) is 3.00. The predicted octanol–water partition coefficient (Wildman–Crippen LogP) is 4.35. The summed E-state index contributed by atoms with van der Waals surface area (Å²) in [5.41, 5.74) is 3.37. The van der Waals surface area contributed by atoms with E-state index in [9.17, 15) is 9.59 Å². The van der Waals surface area contributed by atoms with Crippen molar-refractivity contribution >= 4 is 11.9 Å². The van der Waals surface area contributed by atoms with Crippen molar-refractivity contribution in [3.63, 3.8) is 0 Å². The first-order chi connectivity index (χ1) is 14.2. The Kier molecular flexibility index (Phi) is 7.24. The largest absolute Gasteiger partial charge is 0.462 e. The number of benzene rings is 2. The molecule has 0 N–H and O–H groups in total. The van der Waals surface area contributed by atoms with Gasteiger partial charge < -0.3 is 9.64 Å². The lowest BCUT2D eigenvalue weighted by atomic mass is 9.97. The zero-order valence-electron chi connectivity index (χ0n) is 16.7. The van der Waals surface area contributed by atoms with Crippen LogP contribution in [0.4, 0.5) is 0 Å². The Morgan fingerprint density at radius 1 is 1.07 bits per heavy atom. The molecule has 0 aromatic heterocycles. The molecule has 0 fully saturated rings. The van der Waals surface area contributed by atoms with E-state index < -0.39 is 0 Å². The quantitative estimate of drug-likeness (QED) is 0.524. The van der Waals surface area contributed by atoms with Gasteiger partial charge >= 0.3 is 5.97 Å². The van der Waals surface area contributed by atoms with Crippen LogP contribution in [0.25, 0.3) is 0 Å². The van der Waals surface area contributed by atoms with Gasteiger partial charge in [0.25, 0.3) is 0 Å². The first kappa shape index (κ1) is 20.4. The number of hydrogen-bond acceptors (Lipinski definition) is 3. The summed E-state index contributed by atoms with van der Waals surface area (Å²) in [4.78, 5) is 26.3. The van der Waals surface area contributed by atoms with Crippen LogP contribution in [0.3, 0.4) is 0 Å². The van der Waals surface area contributed by atoms with Gasteiger partial charge in [-0.05, 0) is 49.6 Å². The summed E-state index contributed by atoms with van der Waals surface area (Å²) in [5.74, 6) is 6.03. The van der Waals surface area contributed by atoms with Crippen molar-refractivity contribution in [1.82, 2.24) is 4.90 Å². The third-order valence-corrected chi connectivity index (χ3v) is 4.72. The molecule has 2 aromatic carbocycles. The molecule has 1 aliphatic rings. The first-order valence-electron chi connectivity index (χ1n) is 9.95. The smallest absolute Gasteiger partial charge is 0.338 e. The second-order valence-electron chi connectivity index (χ2n) is 6.83. The molecular weight excluding hydrogens is 362 g/mol. The zero-order valence-corrected chi connectivity index (χ0v) is 16.7.